The maximum Gasteiger partial charge on any atom is 0.387 e. The molecule has 3 aromatic rings. The summed E-state index contributed by atoms with van der Waals surface area (Å²) in [6, 6.07) is 16.7. The Bertz CT molecular complexity index is 798. The summed E-state index contributed by atoms with van der Waals surface area (Å²) in [5, 5.41) is 2.70. The third-order valence-electron chi connectivity index (χ3n) is 3.37. The zero-order valence-corrected chi connectivity index (χ0v) is 12.5. The molecule has 0 bridgehead atoms. The van der Waals surface area contributed by atoms with E-state index in [9.17, 15) is 13.6 Å². The molecule has 0 fully saturated rings. The lowest BCUT2D eigenvalue weighted by molar-refractivity contribution is -0.0498. The molecule has 24 heavy (non-hydrogen) atoms. The van der Waals surface area contributed by atoms with E-state index >= 15 is 0 Å². The number of anilines is 1. The van der Waals surface area contributed by atoms with Gasteiger partial charge in [0.2, 0.25) is 0 Å². The Balaban J connectivity index is 1.66. The molecule has 4 nitrogen and oxygen atoms in total. The first kappa shape index (κ1) is 15.7. The Labute approximate surface area is 137 Å². The van der Waals surface area contributed by atoms with Crippen molar-refractivity contribution in [2.45, 2.75) is 6.61 Å². The molecule has 0 saturated carbocycles. The molecule has 0 aliphatic heterocycles. The van der Waals surface area contributed by atoms with Crippen molar-refractivity contribution in [3.8, 4) is 11.4 Å². The van der Waals surface area contributed by atoms with Gasteiger partial charge in [0.1, 0.15) is 5.75 Å². The van der Waals surface area contributed by atoms with Gasteiger partial charge in [0.25, 0.3) is 5.91 Å². The second-order valence-corrected chi connectivity index (χ2v) is 4.99. The van der Waals surface area contributed by atoms with Gasteiger partial charge in [-0.1, -0.05) is 0 Å². The third kappa shape index (κ3) is 3.78. The highest BCUT2D eigenvalue weighted by molar-refractivity contribution is 6.04. The van der Waals surface area contributed by atoms with E-state index < -0.39 is 6.61 Å². The Morgan fingerprint density at radius 1 is 0.958 bits per heavy atom. The molecule has 1 aromatic heterocycles. The number of hydrogen-bond donors (Lipinski definition) is 1. The monoisotopic (exact) mass is 328 g/mol. The minimum absolute atomic E-state index is 0.0408. The smallest absolute Gasteiger partial charge is 0.387 e. The second-order valence-electron chi connectivity index (χ2n) is 4.99. The van der Waals surface area contributed by atoms with Gasteiger partial charge in [0.05, 0.1) is 0 Å². The Morgan fingerprint density at radius 3 is 2.17 bits per heavy atom. The number of carbonyl (C=O) groups is 1. The molecular formula is C18H14F2N2O2. The van der Waals surface area contributed by atoms with Crippen LogP contribution in [0.1, 0.15) is 10.4 Å². The fraction of sp³-hybridized carbons (Fsp3) is 0.0556. The van der Waals surface area contributed by atoms with Crippen LogP contribution in [-0.4, -0.2) is 17.1 Å². The van der Waals surface area contributed by atoms with Crippen molar-refractivity contribution in [2.75, 3.05) is 5.32 Å². The van der Waals surface area contributed by atoms with Gasteiger partial charge in [-0.3, -0.25) is 4.79 Å². The summed E-state index contributed by atoms with van der Waals surface area (Å²) in [7, 11) is 0. The highest BCUT2D eigenvalue weighted by atomic mass is 19.3. The summed E-state index contributed by atoms with van der Waals surface area (Å²) in [5.41, 5.74) is 1.94. The zero-order valence-electron chi connectivity index (χ0n) is 12.5. The van der Waals surface area contributed by atoms with Crippen molar-refractivity contribution >= 4 is 11.6 Å². The van der Waals surface area contributed by atoms with Crippen molar-refractivity contribution in [2.24, 2.45) is 0 Å². The van der Waals surface area contributed by atoms with E-state index in [-0.39, 0.29) is 11.7 Å². The standard InChI is InChI=1S/C18H14F2N2O2/c19-18(20)24-16-9-5-14(6-10-16)21-17(23)13-3-7-15(8-4-13)22-11-1-2-12-22/h1-12,18H,(H,21,23). The van der Waals surface area contributed by atoms with Crippen molar-refractivity contribution in [3.05, 3.63) is 78.6 Å². The van der Waals surface area contributed by atoms with E-state index in [4.69, 9.17) is 0 Å². The maximum atomic E-state index is 12.2. The van der Waals surface area contributed by atoms with Gasteiger partial charge in [-0.2, -0.15) is 8.78 Å². The topological polar surface area (TPSA) is 43.3 Å². The predicted molar refractivity (Wildman–Crippen MR) is 86.8 cm³/mol. The average molecular weight is 328 g/mol. The van der Waals surface area contributed by atoms with Crippen LogP contribution in [-0.2, 0) is 0 Å². The maximum absolute atomic E-state index is 12.2. The number of halogens is 2. The molecule has 0 radical (unpaired) electrons. The summed E-state index contributed by atoms with van der Waals surface area (Å²) in [4.78, 5) is 12.2. The van der Waals surface area contributed by atoms with Gasteiger partial charge in [-0.25, -0.2) is 0 Å². The van der Waals surface area contributed by atoms with Gasteiger partial charge >= 0.3 is 6.61 Å². The summed E-state index contributed by atoms with van der Waals surface area (Å²) in [5.74, 6) is -0.240. The normalized spacial score (nSPS) is 10.6. The van der Waals surface area contributed by atoms with E-state index in [1.54, 1.807) is 12.1 Å². The predicted octanol–water partition coefficient (Wildman–Crippen LogP) is 4.33. The van der Waals surface area contributed by atoms with E-state index in [1.165, 1.54) is 24.3 Å². The van der Waals surface area contributed by atoms with Crippen LogP contribution < -0.4 is 10.1 Å². The van der Waals surface area contributed by atoms with Crippen LogP contribution >= 0.6 is 0 Å². The fourth-order valence-electron chi connectivity index (χ4n) is 2.21. The van der Waals surface area contributed by atoms with Crippen LogP contribution in [0.25, 0.3) is 5.69 Å². The number of rotatable bonds is 5. The molecule has 0 aliphatic rings. The Kier molecular flexibility index (Phi) is 4.56. The zero-order chi connectivity index (χ0) is 16.9. The number of nitrogens with one attached hydrogen (secondary N) is 1. The lowest BCUT2D eigenvalue weighted by Crippen LogP contribution is -2.12. The van der Waals surface area contributed by atoms with Crippen molar-refractivity contribution in [3.63, 3.8) is 0 Å². The largest absolute Gasteiger partial charge is 0.435 e. The molecule has 6 heteroatoms. The summed E-state index contributed by atoms with van der Waals surface area (Å²) in [6.45, 7) is -2.87. The molecule has 1 amide bonds. The minimum Gasteiger partial charge on any atom is -0.435 e. The molecule has 1 N–H and O–H groups in total. The number of aromatic nitrogens is 1. The highest BCUT2D eigenvalue weighted by Gasteiger charge is 2.08. The van der Waals surface area contributed by atoms with Crippen LogP contribution in [0.4, 0.5) is 14.5 Å². The number of ether oxygens (including phenoxy) is 1. The number of benzene rings is 2. The molecule has 0 unspecified atom stereocenters. The summed E-state index contributed by atoms with van der Waals surface area (Å²) < 4.78 is 30.4. The van der Waals surface area contributed by atoms with Gasteiger partial charge in [-0.05, 0) is 60.7 Å². The summed E-state index contributed by atoms with van der Waals surface area (Å²) in [6.07, 6.45) is 3.83. The molecule has 2 aromatic carbocycles. The fourth-order valence-corrected chi connectivity index (χ4v) is 2.21. The molecule has 3 rings (SSSR count). The number of nitrogens with zero attached hydrogens (tertiary/aromatic N) is 1. The molecule has 0 spiro atoms. The summed E-state index contributed by atoms with van der Waals surface area (Å²) >= 11 is 0. The number of alkyl halides is 2. The van der Waals surface area contributed by atoms with Crippen molar-refractivity contribution in [1.29, 1.82) is 0 Å². The van der Waals surface area contributed by atoms with Gasteiger partial charge in [0, 0.05) is 29.3 Å². The van der Waals surface area contributed by atoms with Gasteiger partial charge in [-0.15, -0.1) is 0 Å². The Hall–Kier alpha value is -3.15. The molecule has 0 atom stereocenters. The molecule has 122 valence electrons. The van der Waals surface area contributed by atoms with Gasteiger partial charge < -0.3 is 14.6 Å². The van der Waals surface area contributed by atoms with E-state index in [1.807, 2.05) is 41.2 Å². The van der Waals surface area contributed by atoms with E-state index in [0.717, 1.165) is 5.69 Å². The van der Waals surface area contributed by atoms with Gasteiger partial charge in [0.15, 0.2) is 0 Å². The van der Waals surface area contributed by atoms with Crippen LogP contribution in [0.15, 0.2) is 73.1 Å². The number of carbonyl (C=O) groups excluding carboxylic acids is 1. The molecule has 0 aliphatic carbocycles. The van der Waals surface area contributed by atoms with Crippen LogP contribution in [0, 0.1) is 0 Å². The van der Waals surface area contributed by atoms with E-state index in [0.29, 0.717) is 11.3 Å². The highest BCUT2D eigenvalue weighted by Crippen LogP contribution is 2.18. The first-order valence-electron chi connectivity index (χ1n) is 7.21. The number of hydrogen-bond acceptors (Lipinski definition) is 2. The lowest BCUT2D eigenvalue weighted by atomic mass is 10.2. The van der Waals surface area contributed by atoms with E-state index in [2.05, 4.69) is 10.1 Å². The molecular weight excluding hydrogens is 314 g/mol. The minimum atomic E-state index is -2.87. The van der Waals surface area contributed by atoms with Crippen molar-refractivity contribution in [1.82, 2.24) is 4.57 Å². The van der Waals surface area contributed by atoms with Crippen LogP contribution in [0.3, 0.4) is 0 Å². The molecule has 0 saturated heterocycles. The van der Waals surface area contributed by atoms with Crippen LogP contribution in [0.5, 0.6) is 5.75 Å². The first-order valence-corrected chi connectivity index (χ1v) is 7.21. The average Bonchev–Trinajstić information content (AvgIpc) is 3.11. The van der Waals surface area contributed by atoms with Crippen LogP contribution in [0.2, 0.25) is 0 Å². The number of amides is 1. The van der Waals surface area contributed by atoms with Crippen molar-refractivity contribution < 1.29 is 18.3 Å². The second kappa shape index (κ2) is 6.95. The Morgan fingerprint density at radius 2 is 1.58 bits per heavy atom. The lowest BCUT2D eigenvalue weighted by Gasteiger charge is -2.08. The first-order chi connectivity index (χ1) is 11.6. The molecule has 1 heterocycles. The SMILES string of the molecule is O=C(Nc1ccc(OC(F)F)cc1)c1ccc(-n2cccc2)cc1. The quantitative estimate of drug-likeness (QED) is 0.757. The third-order valence-corrected chi connectivity index (χ3v) is 3.37.